The summed E-state index contributed by atoms with van der Waals surface area (Å²) in [6.45, 7) is 2.18. The summed E-state index contributed by atoms with van der Waals surface area (Å²) in [4.78, 5) is 25.2. The first-order valence-corrected chi connectivity index (χ1v) is 6.94. The molecule has 2 aromatic rings. The van der Waals surface area contributed by atoms with Crippen molar-refractivity contribution in [2.45, 2.75) is 12.8 Å². The van der Waals surface area contributed by atoms with E-state index in [9.17, 15) is 9.59 Å². The number of hydrogen-bond donors (Lipinski definition) is 2. The molecule has 1 fully saturated rings. The van der Waals surface area contributed by atoms with E-state index in [1.54, 1.807) is 0 Å². The van der Waals surface area contributed by atoms with Gasteiger partial charge in [0.05, 0.1) is 0 Å². The number of carbonyl (C=O) groups excluding carboxylic acids is 1. The Hall–Kier alpha value is -2.63. The lowest BCUT2D eigenvalue weighted by Crippen LogP contribution is -2.18. The summed E-state index contributed by atoms with van der Waals surface area (Å²) in [5.74, 6) is -0.347. The van der Waals surface area contributed by atoms with Gasteiger partial charge in [-0.25, -0.2) is 5.10 Å². The zero-order valence-electron chi connectivity index (χ0n) is 11.5. The lowest BCUT2D eigenvalue weighted by atomic mass is 10.2. The molecule has 1 saturated heterocycles. The van der Waals surface area contributed by atoms with E-state index >= 15 is 0 Å². The Balaban J connectivity index is 1.68. The van der Waals surface area contributed by atoms with Crippen molar-refractivity contribution in [2.75, 3.05) is 23.3 Å². The van der Waals surface area contributed by atoms with Crippen LogP contribution in [-0.2, 0) is 0 Å². The smallest absolute Gasteiger partial charge is 0.276 e. The minimum absolute atomic E-state index is 0.179. The maximum absolute atomic E-state index is 12.0. The number of nitrogens with zero attached hydrogens (tertiary/aromatic N) is 2. The summed E-state index contributed by atoms with van der Waals surface area (Å²) >= 11 is 0. The van der Waals surface area contributed by atoms with E-state index in [-0.39, 0.29) is 17.2 Å². The highest BCUT2D eigenvalue weighted by Gasteiger charge is 2.12. The molecule has 1 aliphatic rings. The van der Waals surface area contributed by atoms with Crippen LogP contribution in [0.3, 0.4) is 0 Å². The second-order valence-electron chi connectivity index (χ2n) is 5.00. The number of aromatic amines is 1. The van der Waals surface area contributed by atoms with Crippen molar-refractivity contribution in [3.05, 3.63) is 52.4 Å². The molecule has 2 heterocycles. The SMILES string of the molecule is O=C(Nc1ccc(N2CCCC2)cc1)c1ccc(=O)[nH]n1. The van der Waals surface area contributed by atoms with Crippen molar-refractivity contribution in [3.8, 4) is 0 Å². The molecule has 0 unspecified atom stereocenters. The first-order chi connectivity index (χ1) is 10.2. The molecule has 1 amide bonds. The number of carbonyl (C=O) groups is 1. The molecule has 1 aromatic heterocycles. The van der Waals surface area contributed by atoms with E-state index in [1.165, 1.54) is 30.7 Å². The van der Waals surface area contributed by atoms with Gasteiger partial charge in [0.15, 0.2) is 0 Å². The van der Waals surface area contributed by atoms with Crippen LogP contribution in [0.15, 0.2) is 41.2 Å². The van der Waals surface area contributed by atoms with Crippen LogP contribution >= 0.6 is 0 Å². The normalized spacial score (nSPS) is 14.2. The van der Waals surface area contributed by atoms with E-state index < -0.39 is 0 Å². The lowest BCUT2D eigenvalue weighted by molar-refractivity contribution is 0.102. The molecule has 0 atom stereocenters. The Morgan fingerprint density at radius 2 is 1.81 bits per heavy atom. The third-order valence-electron chi connectivity index (χ3n) is 3.51. The molecule has 3 rings (SSSR count). The van der Waals surface area contributed by atoms with Gasteiger partial charge in [0.1, 0.15) is 5.69 Å². The van der Waals surface area contributed by atoms with Crippen molar-refractivity contribution in [1.82, 2.24) is 10.2 Å². The van der Waals surface area contributed by atoms with E-state index in [1.807, 2.05) is 24.3 Å². The molecule has 0 saturated carbocycles. The average Bonchev–Trinajstić information content (AvgIpc) is 3.03. The van der Waals surface area contributed by atoms with Gasteiger partial charge in [-0.15, -0.1) is 0 Å². The third kappa shape index (κ3) is 3.10. The summed E-state index contributed by atoms with van der Waals surface area (Å²) in [6.07, 6.45) is 2.47. The Labute approximate surface area is 121 Å². The number of aromatic nitrogens is 2. The van der Waals surface area contributed by atoms with Gasteiger partial charge in [-0.1, -0.05) is 0 Å². The minimum Gasteiger partial charge on any atom is -0.372 e. The van der Waals surface area contributed by atoms with Gasteiger partial charge in [-0.3, -0.25) is 9.59 Å². The van der Waals surface area contributed by atoms with Gasteiger partial charge in [0.25, 0.3) is 11.5 Å². The maximum Gasteiger partial charge on any atom is 0.276 e. The van der Waals surface area contributed by atoms with E-state index in [0.717, 1.165) is 13.1 Å². The Kier molecular flexibility index (Phi) is 3.68. The van der Waals surface area contributed by atoms with Crippen LogP contribution in [0.4, 0.5) is 11.4 Å². The number of anilines is 2. The van der Waals surface area contributed by atoms with Crippen molar-refractivity contribution in [2.24, 2.45) is 0 Å². The molecule has 21 heavy (non-hydrogen) atoms. The predicted octanol–water partition coefficient (Wildman–Crippen LogP) is 1.62. The Morgan fingerprint density at radius 1 is 1.10 bits per heavy atom. The molecule has 1 aromatic carbocycles. The molecule has 6 heteroatoms. The molecule has 2 N–H and O–H groups in total. The molecule has 6 nitrogen and oxygen atoms in total. The summed E-state index contributed by atoms with van der Waals surface area (Å²) in [5.41, 5.74) is 1.73. The fourth-order valence-corrected chi connectivity index (χ4v) is 2.40. The van der Waals surface area contributed by atoms with Crippen molar-refractivity contribution < 1.29 is 4.79 Å². The predicted molar refractivity (Wildman–Crippen MR) is 80.7 cm³/mol. The van der Waals surface area contributed by atoms with Crippen LogP contribution < -0.4 is 15.8 Å². The highest BCUT2D eigenvalue weighted by atomic mass is 16.2. The first-order valence-electron chi connectivity index (χ1n) is 6.94. The fourth-order valence-electron chi connectivity index (χ4n) is 2.40. The first kappa shape index (κ1) is 13.4. The van der Waals surface area contributed by atoms with Gasteiger partial charge in [0, 0.05) is 30.5 Å². The number of rotatable bonds is 3. The molecule has 0 radical (unpaired) electrons. The second-order valence-corrected chi connectivity index (χ2v) is 5.00. The molecule has 0 spiro atoms. The summed E-state index contributed by atoms with van der Waals surface area (Å²) in [7, 11) is 0. The third-order valence-corrected chi connectivity index (χ3v) is 3.51. The summed E-state index contributed by atoms with van der Waals surface area (Å²) in [5, 5.41) is 8.69. The zero-order valence-corrected chi connectivity index (χ0v) is 11.5. The molecular formula is C15H16N4O2. The lowest BCUT2D eigenvalue weighted by Gasteiger charge is -2.17. The topological polar surface area (TPSA) is 78.1 Å². The summed E-state index contributed by atoms with van der Waals surface area (Å²) < 4.78 is 0. The molecular weight excluding hydrogens is 268 g/mol. The molecule has 1 aliphatic heterocycles. The Bertz CT molecular complexity index is 667. The van der Waals surface area contributed by atoms with Crippen LogP contribution in [0.1, 0.15) is 23.3 Å². The number of hydrogen-bond acceptors (Lipinski definition) is 4. The van der Waals surface area contributed by atoms with Gasteiger partial charge >= 0.3 is 0 Å². The highest BCUT2D eigenvalue weighted by Crippen LogP contribution is 2.22. The highest BCUT2D eigenvalue weighted by molar-refractivity contribution is 6.02. The second kappa shape index (κ2) is 5.78. The minimum atomic E-state index is -0.347. The van der Waals surface area contributed by atoms with Crippen LogP contribution in [-0.4, -0.2) is 29.2 Å². The number of nitrogens with one attached hydrogen (secondary N) is 2. The monoisotopic (exact) mass is 284 g/mol. The largest absolute Gasteiger partial charge is 0.372 e. The van der Waals surface area contributed by atoms with Gasteiger partial charge in [-0.2, -0.15) is 5.10 Å². The van der Waals surface area contributed by atoms with Gasteiger partial charge < -0.3 is 10.2 Å². The van der Waals surface area contributed by atoms with Crippen molar-refractivity contribution in [3.63, 3.8) is 0 Å². The standard InChI is InChI=1S/C15H16N4O2/c20-14-8-7-13(17-18-14)15(21)16-11-3-5-12(6-4-11)19-9-1-2-10-19/h3-8H,1-2,9-10H2,(H,16,21)(H,18,20). The zero-order chi connectivity index (χ0) is 14.7. The van der Waals surface area contributed by atoms with Crippen molar-refractivity contribution in [1.29, 1.82) is 0 Å². The van der Waals surface area contributed by atoms with Crippen LogP contribution in [0.25, 0.3) is 0 Å². The quantitative estimate of drug-likeness (QED) is 0.898. The summed E-state index contributed by atoms with van der Waals surface area (Å²) in [6, 6.07) is 10.4. The molecule has 0 bridgehead atoms. The van der Waals surface area contributed by atoms with Crippen LogP contribution in [0.2, 0.25) is 0 Å². The maximum atomic E-state index is 12.0. The van der Waals surface area contributed by atoms with E-state index in [4.69, 9.17) is 0 Å². The van der Waals surface area contributed by atoms with Gasteiger partial charge in [0.2, 0.25) is 0 Å². The van der Waals surface area contributed by atoms with Gasteiger partial charge in [-0.05, 0) is 43.2 Å². The number of H-pyrrole nitrogens is 1. The number of benzene rings is 1. The molecule has 0 aliphatic carbocycles. The Morgan fingerprint density at radius 3 is 2.43 bits per heavy atom. The van der Waals surface area contributed by atoms with Crippen molar-refractivity contribution >= 4 is 17.3 Å². The van der Waals surface area contributed by atoms with E-state index in [0.29, 0.717) is 5.69 Å². The average molecular weight is 284 g/mol. The van der Waals surface area contributed by atoms with Crippen LogP contribution in [0.5, 0.6) is 0 Å². The fraction of sp³-hybridized carbons (Fsp3) is 0.267. The molecule has 108 valence electrons. The number of amides is 1. The van der Waals surface area contributed by atoms with E-state index in [2.05, 4.69) is 20.4 Å². The van der Waals surface area contributed by atoms with Crippen LogP contribution in [0, 0.1) is 0 Å².